The van der Waals surface area contributed by atoms with E-state index in [1.54, 1.807) is 42.6 Å². The van der Waals surface area contributed by atoms with Crippen molar-refractivity contribution in [3.8, 4) is 22.8 Å². The van der Waals surface area contributed by atoms with Gasteiger partial charge in [0.25, 0.3) is 5.91 Å². The lowest BCUT2D eigenvalue weighted by Gasteiger charge is -2.23. The molecule has 1 saturated heterocycles. The predicted molar refractivity (Wildman–Crippen MR) is 149 cm³/mol. The van der Waals surface area contributed by atoms with Gasteiger partial charge < -0.3 is 30.6 Å². The molecule has 1 aromatic heterocycles. The van der Waals surface area contributed by atoms with E-state index >= 15 is 0 Å². The average Bonchev–Trinajstić information content (AvgIpc) is 2.96. The summed E-state index contributed by atoms with van der Waals surface area (Å²) >= 11 is 0. The summed E-state index contributed by atoms with van der Waals surface area (Å²) in [6.07, 6.45) is 3.82. The van der Waals surface area contributed by atoms with Gasteiger partial charge in [-0.1, -0.05) is 0 Å². The number of nitrogens with one attached hydrogen (secondary N) is 2. The zero-order chi connectivity index (χ0) is 26.6. The van der Waals surface area contributed by atoms with Gasteiger partial charge in [0.15, 0.2) is 0 Å². The Hall–Kier alpha value is -4.63. The number of anilines is 4. The van der Waals surface area contributed by atoms with Crippen LogP contribution in [0, 0.1) is 5.92 Å². The Morgan fingerprint density at radius 1 is 1.00 bits per heavy atom. The highest BCUT2D eigenvalue weighted by atomic mass is 16.5. The van der Waals surface area contributed by atoms with Crippen LogP contribution in [0.25, 0.3) is 11.3 Å². The van der Waals surface area contributed by atoms with Crippen LogP contribution in [-0.2, 0) is 11.3 Å². The van der Waals surface area contributed by atoms with Crippen LogP contribution in [0.15, 0.2) is 72.9 Å². The van der Waals surface area contributed by atoms with Crippen molar-refractivity contribution >= 4 is 28.9 Å². The van der Waals surface area contributed by atoms with Gasteiger partial charge in [-0.3, -0.25) is 4.79 Å². The van der Waals surface area contributed by atoms with E-state index < -0.39 is 0 Å². The van der Waals surface area contributed by atoms with Crippen molar-refractivity contribution in [2.75, 3.05) is 36.2 Å². The van der Waals surface area contributed by atoms with E-state index in [0.29, 0.717) is 59.0 Å². The van der Waals surface area contributed by atoms with Crippen molar-refractivity contribution in [2.24, 2.45) is 5.92 Å². The van der Waals surface area contributed by atoms with Crippen molar-refractivity contribution in [1.29, 1.82) is 0 Å². The van der Waals surface area contributed by atoms with E-state index in [-0.39, 0.29) is 5.91 Å². The van der Waals surface area contributed by atoms with Crippen LogP contribution in [0.3, 0.4) is 0 Å². The molecule has 0 saturated carbocycles. The highest BCUT2D eigenvalue weighted by molar-refractivity contribution is 6.05. The molecule has 5 aliphatic rings. The Morgan fingerprint density at radius 3 is 2.69 bits per heavy atom. The number of carbonyl (C=O) groups is 1. The Bertz CT molecular complexity index is 1490. The summed E-state index contributed by atoms with van der Waals surface area (Å²) in [6, 6.07) is 20.1. The van der Waals surface area contributed by atoms with Crippen LogP contribution >= 0.6 is 0 Å². The standard InChI is InChI=1S/C30H29N5O4/c31-26-15-20-3-9-25(26)27-11-12-32-30(35-27)34-23-6-10-28(39-17-19-2-1-13-37-16-19)21(14-23)18-38-24-7-4-22(5-8-24)33-29(20)36/h3-12,14-15,19H,1-2,13,16-18,31H2,(H,33,36)(H,32,34,35). The number of rotatable bonds is 3. The van der Waals surface area contributed by atoms with Crippen molar-refractivity contribution < 1.29 is 19.0 Å². The lowest BCUT2D eigenvalue weighted by Crippen LogP contribution is -2.23. The van der Waals surface area contributed by atoms with E-state index in [4.69, 9.17) is 19.9 Å². The molecule has 3 aromatic carbocycles. The van der Waals surface area contributed by atoms with Gasteiger partial charge in [0.1, 0.15) is 18.1 Å². The minimum atomic E-state index is -0.258. The molecule has 1 atom stereocenters. The number of nitrogen functional groups attached to an aromatic ring is 1. The van der Waals surface area contributed by atoms with Crippen LogP contribution < -0.4 is 25.8 Å². The highest BCUT2D eigenvalue weighted by Crippen LogP contribution is 2.30. The lowest BCUT2D eigenvalue weighted by molar-refractivity contribution is 0.0349. The first-order valence-electron chi connectivity index (χ1n) is 13.0. The molecule has 198 valence electrons. The molecular weight excluding hydrogens is 494 g/mol. The van der Waals surface area contributed by atoms with Crippen LogP contribution in [0.1, 0.15) is 28.8 Å². The normalized spacial score (nSPS) is 16.7. The molecule has 1 unspecified atom stereocenters. The predicted octanol–water partition coefficient (Wildman–Crippen LogP) is 5.42. The summed E-state index contributed by atoms with van der Waals surface area (Å²) in [4.78, 5) is 21.9. The summed E-state index contributed by atoms with van der Waals surface area (Å²) < 4.78 is 18.0. The Balaban J connectivity index is 1.34. The molecule has 4 N–H and O–H groups in total. The second kappa shape index (κ2) is 11.0. The van der Waals surface area contributed by atoms with Crippen molar-refractivity contribution in [2.45, 2.75) is 19.4 Å². The van der Waals surface area contributed by atoms with E-state index in [1.165, 1.54) is 0 Å². The summed E-state index contributed by atoms with van der Waals surface area (Å²) in [5, 5.41) is 6.19. The molecule has 9 nitrogen and oxygen atoms in total. The molecular formula is C30H29N5O4. The number of carbonyl (C=O) groups excluding carboxylic acids is 1. The average molecular weight is 524 g/mol. The largest absolute Gasteiger partial charge is 0.493 e. The SMILES string of the molecule is Nc1cc2ccc1-c1ccnc(n1)Nc1ccc(OCC3CCCOC3)c(c1)COc1ccc(cc1)NC2=O. The number of nitrogens with two attached hydrogens (primary N) is 1. The smallest absolute Gasteiger partial charge is 0.255 e. The maximum absolute atomic E-state index is 12.8. The number of hydrogen-bond donors (Lipinski definition) is 3. The summed E-state index contributed by atoms with van der Waals surface area (Å²) in [5.41, 5.74) is 10.9. The molecule has 6 heterocycles. The fourth-order valence-electron chi connectivity index (χ4n) is 4.69. The molecule has 4 aromatic rings. The van der Waals surface area contributed by atoms with Gasteiger partial charge in [-0.2, -0.15) is 0 Å². The molecule has 9 heteroatoms. The summed E-state index contributed by atoms with van der Waals surface area (Å²) in [5.74, 6) is 1.95. The third kappa shape index (κ3) is 5.78. The molecule has 8 bridgehead atoms. The molecule has 9 rings (SSSR count). The Labute approximate surface area is 226 Å². The highest BCUT2D eigenvalue weighted by Gasteiger charge is 2.17. The molecule has 0 spiro atoms. The van der Waals surface area contributed by atoms with Gasteiger partial charge in [-0.05, 0) is 79.6 Å². The van der Waals surface area contributed by atoms with E-state index in [9.17, 15) is 4.79 Å². The fourth-order valence-corrected chi connectivity index (χ4v) is 4.69. The molecule has 0 radical (unpaired) electrons. The summed E-state index contributed by atoms with van der Waals surface area (Å²) in [6.45, 7) is 2.41. The van der Waals surface area contributed by atoms with Gasteiger partial charge in [0, 0.05) is 52.5 Å². The number of benzene rings is 3. The van der Waals surface area contributed by atoms with Gasteiger partial charge >= 0.3 is 0 Å². The second-order valence-electron chi connectivity index (χ2n) is 9.68. The van der Waals surface area contributed by atoms with Gasteiger partial charge in [0.2, 0.25) is 5.95 Å². The van der Waals surface area contributed by atoms with E-state index in [0.717, 1.165) is 43.1 Å². The Morgan fingerprint density at radius 2 is 1.87 bits per heavy atom. The van der Waals surface area contributed by atoms with E-state index in [2.05, 4.69) is 20.6 Å². The second-order valence-corrected chi connectivity index (χ2v) is 9.68. The molecule has 39 heavy (non-hydrogen) atoms. The summed E-state index contributed by atoms with van der Waals surface area (Å²) in [7, 11) is 0. The van der Waals surface area contributed by atoms with Crippen LogP contribution in [0.4, 0.5) is 23.0 Å². The molecule has 1 amide bonds. The van der Waals surface area contributed by atoms with E-state index in [1.807, 2.05) is 30.3 Å². The van der Waals surface area contributed by atoms with Crippen LogP contribution in [0.5, 0.6) is 11.5 Å². The maximum atomic E-state index is 12.8. The van der Waals surface area contributed by atoms with Crippen LogP contribution in [0.2, 0.25) is 0 Å². The topological polar surface area (TPSA) is 121 Å². The van der Waals surface area contributed by atoms with Gasteiger partial charge in [-0.15, -0.1) is 0 Å². The number of amides is 1. The third-order valence-electron chi connectivity index (χ3n) is 6.80. The zero-order valence-corrected chi connectivity index (χ0v) is 21.4. The minimum absolute atomic E-state index is 0.258. The molecule has 5 aliphatic heterocycles. The van der Waals surface area contributed by atoms with Crippen molar-refractivity contribution in [3.05, 3.63) is 84.1 Å². The number of nitrogens with zero attached hydrogens (tertiary/aromatic N) is 2. The van der Waals surface area contributed by atoms with Gasteiger partial charge in [-0.25, -0.2) is 9.97 Å². The maximum Gasteiger partial charge on any atom is 0.255 e. The van der Waals surface area contributed by atoms with Crippen LogP contribution in [-0.4, -0.2) is 35.7 Å². The van der Waals surface area contributed by atoms with Gasteiger partial charge in [0.05, 0.1) is 18.9 Å². The van der Waals surface area contributed by atoms with Crippen molar-refractivity contribution in [1.82, 2.24) is 9.97 Å². The minimum Gasteiger partial charge on any atom is -0.493 e. The number of ether oxygens (including phenoxy) is 3. The fraction of sp³-hybridized carbons (Fsp3) is 0.233. The third-order valence-corrected chi connectivity index (χ3v) is 6.80. The quantitative estimate of drug-likeness (QED) is 0.305. The first kappa shape index (κ1) is 24.7. The first-order valence-corrected chi connectivity index (χ1v) is 13.0. The van der Waals surface area contributed by atoms with Crippen molar-refractivity contribution in [3.63, 3.8) is 0 Å². The molecule has 1 fully saturated rings. The zero-order valence-electron chi connectivity index (χ0n) is 21.4. The molecule has 0 aliphatic carbocycles. The lowest BCUT2D eigenvalue weighted by atomic mass is 10.0. The number of hydrogen-bond acceptors (Lipinski definition) is 8. The Kier molecular flexibility index (Phi) is 6.97. The monoisotopic (exact) mass is 523 g/mol. The first-order chi connectivity index (χ1) is 19.1. The number of aromatic nitrogens is 2.